The average molecular weight is 178 g/mol. The predicted molar refractivity (Wildman–Crippen MR) is 52.0 cm³/mol. The van der Waals surface area contributed by atoms with Crippen molar-refractivity contribution in [1.82, 2.24) is 0 Å². The molecule has 0 radical (unpaired) electrons. The third-order valence-electron chi connectivity index (χ3n) is 1.85. The summed E-state index contributed by atoms with van der Waals surface area (Å²) in [5, 5.41) is 9.33. The van der Waals surface area contributed by atoms with Crippen LogP contribution in [-0.2, 0) is 16.0 Å². The minimum Gasteiger partial charge on any atom is -0.509 e. The van der Waals surface area contributed by atoms with Crippen LogP contribution in [0.5, 0.6) is 5.75 Å². The summed E-state index contributed by atoms with van der Waals surface area (Å²) in [5.41, 5.74) is 1.56. The van der Waals surface area contributed by atoms with Gasteiger partial charge in [0.25, 0.3) is 0 Å². The van der Waals surface area contributed by atoms with E-state index in [-0.39, 0.29) is 18.1 Å². The van der Waals surface area contributed by atoms with Crippen LogP contribution in [-0.4, -0.2) is 26.0 Å². The first-order chi connectivity index (χ1) is 6.13. The Kier molecular flexibility index (Phi) is 2.95. The number of hydrogen-bond acceptors (Lipinski definition) is 3. The van der Waals surface area contributed by atoms with Crippen LogP contribution in [0, 0.1) is 0 Å². The van der Waals surface area contributed by atoms with Crippen LogP contribution >= 0.6 is 0 Å². The molecule has 1 rings (SSSR count). The van der Waals surface area contributed by atoms with E-state index in [1.54, 1.807) is 26.0 Å². The lowest BCUT2D eigenvalue weighted by Crippen LogP contribution is -2.07. The van der Waals surface area contributed by atoms with Gasteiger partial charge >= 0.3 is 5.97 Å². The molecule has 0 aliphatic rings. The maximum absolute atomic E-state index is 10.9. The number of esters is 1. The summed E-state index contributed by atoms with van der Waals surface area (Å²) in [7, 11) is 3.15. The number of hydrogen-bond donors (Lipinski definition) is 1. The predicted octanol–water partition coefficient (Wildman–Crippen LogP) is -0.634. The smallest absolute Gasteiger partial charge is 0.309 e. The van der Waals surface area contributed by atoms with E-state index < -0.39 is 0 Å². The number of benzene rings is 1. The molecule has 0 saturated heterocycles. The maximum Gasteiger partial charge on any atom is 0.309 e. The Labute approximate surface area is 77.7 Å². The Hall–Kier alpha value is -1.45. The van der Waals surface area contributed by atoms with Gasteiger partial charge in [-0.1, -0.05) is 12.1 Å². The quantitative estimate of drug-likeness (QED) is 0.484. The zero-order valence-electron chi connectivity index (χ0n) is 7.70. The normalized spacial score (nSPS) is 9.62. The van der Waals surface area contributed by atoms with Gasteiger partial charge in [-0.15, -0.1) is 0 Å². The fourth-order valence-corrected chi connectivity index (χ4v) is 1.00. The summed E-state index contributed by atoms with van der Waals surface area (Å²) in [6, 6.07) is 5.14. The van der Waals surface area contributed by atoms with Crippen LogP contribution in [0.3, 0.4) is 0 Å². The lowest BCUT2D eigenvalue weighted by Gasteiger charge is -2.02. The van der Waals surface area contributed by atoms with Crippen LogP contribution in [0.2, 0.25) is 0 Å². The van der Waals surface area contributed by atoms with Gasteiger partial charge in [-0.05, 0) is 17.1 Å². The molecule has 0 unspecified atom stereocenters. The molecule has 0 aromatic heterocycles. The lowest BCUT2D eigenvalue weighted by atomic mass is 9.93. The first-order valence-corrected chi connectivity index (χ1v) is 3.99. The van der Waals surface area contributed by atoms with Gasteiger partial charge < -0.3 is 9.84 Å². The minimum absolute atomic E-state index is 0.199. The highest BCUT2D eigenvalue weighted by atomic mass is 16.5. The number of methoxy groups -OCH3 is 1. The summed E-state index contributed by atoms with van der Waals surface area (Å²) < 4.78 is 4.50. The number of aromatic hydroxyl groups is 1. The van der Waals surface area contributed by atoms with Crippen molar-refractivity contribution in [3.63, 3.8) is 0 Å². The first kappa shape index (κ1) is 9.64. The first-order valence-electron chi connectivity index (χ1n) is 3.99. The zero-order chi connectivity index (χ0) is 9.84. The van der Waals surface area contributed by atoms with Crippen molar-refractivity contribution in [1.29, 1.82) is 0 Å². The molecule has 0 atom stereocenters. The molecule has 0 heterocycles. The van der Waals surface area contributed by atoms with Crippen molar-refractivity contribution >= 4 is 19.3 Å². The van der Waals surface area contributed by atoms with Gasteiger partial charge in [-0.25, -0.2) is 0 Å². The number of ether oxygens (including phenoxy) is 1. The summed E-state index contributed by atoms with van der Waals surface area (Å²) in [6.07, 6.45) is 0.199. The molecule has 1 N–H and O–H groups in total. The van der Waals surface area contributed by atoms with Gasteiger partial charge in [0.15, 0.2) is 0 Å². The molecule has 0 amide bonds. The monoisotopic (exact) mass is 178 g/mol. The molecule has 68 valence electrons. The standard InChI is InChI=1S/C9H11BO3/c1-13-9(12)5-6-2-3-7(10)8(11)4-6/h2-4,11H,5,10H2,1H3. The number of carbonyl (C=O) groups is 1. The van der Waals surface area contributed by atoms with E-state index in [1.165, 1.54) is 7.11 Å². The van der Waals surface area contributed by atoms with Crippen LogP contribution in [0.25, 0.3) is 0 Å². The average Bonchev–Trinajstić information content (AvgIpc) is 2.11. The SMILES string of the molecule is Bc1ccc(CC(=O)OC)cc1O. The molecule has 0 aliphatic carbocycles. The van der Waals surface area contributed by atoms with Crippen LogP contribution < -0.4 is 5.46 Å². The van der Waals surface area contributed by atoms with Gasteiger partial charge in [-0.3, -0.25) is 4.79 Å². The highest BCUT2D eigenvalue weighted by Crippen LogP contribution is 2.08. The Morgan fingerprint density at radius 3 is 2.85 bits per heavy atom. The summed E-state index contributed by atoms with van der Waals surface area (Å²) in [4.78, 5) is 10.9. The van der Waals surface area contributed by atoms with Crippen LogP contribution in [0.15, 0.2) is 18.2 Å². The second kappa shape index (κ2) is 3.98. The highest BCUT2D eigenvalue weighted by molar-refractivity contribution is 6.34. The largest absolute Gasteiger partial charge is 0.509 e. The molecule has 0 bridgehead atoms. The topological polar surface area (TPSA) is 46.5 Å². The summed E-state index contributed by atoms with van der Waals surface area (Å²) >= 11 is 0. The molecular formula is C9H11BO3. The van der Waals surface area contributed by atoms with Gasteiger partial charge in [-0.2, -0.15) is 0 Å². The molecule has 0 saturated carbocycles. The lowest BCUT2D eigenvalue weighted by molar-refractivity contribution is -0.139. The molecule has 0 fully saturated rings. The molecule has 13 heavy (non-hydrogen) atoms. The van der Waals surface area contributed by atoms with E-state index >= 15 is 0 Å². The molecule has 0 spiro atoms. The zero-order valence-corrected chi connectivity index (χ0v) is 7.70. The Balaban J connectivity index is 2.79. The number of rotatable bonds is 2. The third-order valence-corrected chi connectivity index (χ3v) is 1.85. The molecule has 4 heteroatoms. The maximum atomic E-state index is 10.9. The molecule has 0 aliphatic heterocycles. The van der Waals surface area contributed by atoms with Crippen molar-refractivity contribution < 1.29 is 14.6 Å². The fourth-order valence-electron chi connectivity index (χ4n) is 1.00. The molecular weight excluding hydrogens is 167 g/mol. The second-order valence-corrected chi connectivity index (χ2v) is 2.87. The molecule has 1 aromatic rings. The Bertz CT molecular complexity index is 323. The van der Waals surface area contributed by atoms with Gasteiger partial charge in [0.1, 0.15) is 13.6 Å². The minimum atomic E-state index is -0.303. The van der Waals surface area contributed by atoms with Crippen LogP contribution in [0.1, 0.15) is 5.56 Å². The van der Waals surface area contributed by atoms with Crippen molar-refractivity contribution in [2.45, 2.75) is 6.42 Å². The molecule has 3 nitrogen and oxygen atoms in total. The summed E-state index contributed by atoms with van der Waals surface area (Å²) in [5.74, 6) is -0.0929. The van der Waals surface area contributed by atoms with Crippen LogP contribution in [0.4, 0.5) is 0 Å². The van der Waals surface area contributed by atoms with E-state index in [0.717, 1.165) is 11.0 Å². The van der Waals surface area contributed by atoms with Gasteiger partial charge in [0.05, 0.1) is 13.5 Å². The van der Waals surface area contributed by atoms with Crippen molar-refractivity contribution in [3.05, 3.63) is 23.8 Å². The van der Waals surface area contributed by atoms with E-state index in [4.69, 9.17) is 0 Å². The van der Waals surface area contributed by atoms with E-state index in [1.807, 2.05) is 0 Å². The van der Waals surface area contributed by atoms with Crippen molar-refractivity contribution in [2.75, 3.05) is 7.11 Å². The number of carbonyl (C=O) groups excluding carboxylic acids is 1. The Morgan fingerprint density at radius 1 is 1.62 bits per heavy atom. The highest BCUT2D eigenvalue weighted by Gasteiger charge is 2.04. The fraction of sp³-hybridized carbons (Fsp3) is 0.222. The summed E-state index contributed by atoms with van der Waals surface area (Å²) in [6.45, 7) is 0. The van der Waals surface area contributed by atoms with E-state index in [9.17, 15) is 9.90 Å². The van der Waals surface area contributed by atoms with Gasteiger partial charge in [0.2, 0.25) is 0 Å². The second-order valence-electron chi connectivity index (χ2n) is 2.87. The van der Waals surface area contributed by atoms with Crippen molar-refractivity contribution in [3.8, 4) is 5.75 Å². The number of phenolic OH excluding ortho intramolecular Hbond substituents is 1. The third kappa shape index (κ3) is 2.51. The Morgan fingerprint density at radius 2 is 2.31 bits per heavy atom. The molecule has 1 aromatic carbocycles. The van der Waals surface area contributed by atoms with E-state index in [0.29, 0.717) is 0 Å². The number of phenols is 1. The van der Waals surface area contributed by atoms with Gasteiger partial charge in [0, 0.05) is 0 Å². The van der Waals surface area contributed by atoms with Crippen molar-refractivity contribution in [2.24, 2.45) is 0 Å². The van der Waals surface area contributed by atoms with E-state index in [2.05, 4.69) is 4.74 Å².